The normalized spacial score (nSPS) is 21.7. The van der Waals surface area contributed by atoms with Crippen LogP contribution >= 0.6 is 0 Å². The topological polar surface area (TPSA) is 135 Å². The number of aliphatic hydroxyl groups is 2. The third kappa shape index (κ3) is 4.40. The Morgan fingerprint density at radius 3 is 2.50 bits per heavy atom. The molecule has 0 radical (unpaired) electrons. The van der Waals surface area contributed by atoms with Gasteiger partial charge in [0.15, 0.2) is 0 Å². The Morgan fingerprint density at radius 1 is 1.19 bits per heavy atom. The first-order valence-corrected chi connectivity index (χ1v) is 10.5. The lowest BCUT2D eigenvalue weighted by atomic mass is 10.0. The number of nitriles is 2. The van der Waals surface area contributed by atoms with Gasteiger partial charge in [0.2, 0.25) is 10.0 Å². The molecule has 0 amide bonds. The zero-order valence-electron chi connectivity index (χ0n) is 16.2. The number of β-amino-alcohol motifs (C(OH)–C–C–N with tert-alkyl or cyclic N) is 1. The molecule has 1 heterocycles. The van der Waals surface area contributed by atoms with Crippen LogP contribution in [0, 0.1) is 22.7 Å². The van der Waals surface area contributed by atoms with E-state index in [1.807, 2.05) is 6.07 Å². The third-order valence-electron chi connectivity index (χ3n) is 4.98. The van der Waals surface area contributed by atoms with Crippen molar-refractivity contribution in [1.29, 1.82) is 10.5 Å². The number of sulfonamides is 1. The minimum Gasteiger partial charge on any atom is -0.486 e. The average Bonchev–Trinajstić information content (AvgIpc) is 3.10. The van der Waals surface area contributed by atoms with Crippen LogP contribution in [0.5, 0.6) is 5.75 Å². The zero-order valence-corrected chi connectivity index (χ0v) is 17.1. The second kappa shape index (κ2) is 8.41. The fourth-order valence-electron chi connectivity index (χ4n) is 3.27. The molecule has 0 unspecified atom stereocenters. The van der Waals surface area contributed by atoms with Crippen LogP contribution in [0.25, 0.3) is 0 Å². The number of halogens is 3. The Hall–Kier alpha value is -3.16. The fourth-order valence-corrected chi connectivity index (χ4v) is 4.90. The van der Waals surface area contributed by atoms with Gasteiger partial charge in [-0.1, -0.05) is 6.07 Å². The van der Waals surface area contributed by atoms with Gasteiger partial charge in [-0.25, -0.2) is 8.42 Å². The summed E-state index contributed by atoms with van der Waals surface area (Å²) in [6.45, 7) is -1.96. The first-order chi connectivity index (χ1) is 14.9. The third-order valence-corrected chi connectivity index (χ3v) is 6.85. The molecule has 2 atom stereocenters. The van der Waals surface area contributed by atoms with E-state index in [-0.39, 0.29) is 11.3 Å². The van der Waals surface area contributed by atoms with Crippen molar-refractivity contribution in [3.63, 3.8) is 0 Å². The average molecular weight is 467 g/mol. The minimum absolute atomic E-state index is 0.146. The van der Waals surface area contributed by atoms with Gasteiger partial charge in [0, 0.05) is 6.54 Å². The highest BCUT2D eigenvalue weighted by Crippen LogP contribution is 2.35. The molecule has 0 aliphatic carbocycles. The highest BCUT2D eigenvalue weighted by Gasteiger charge is 2.51. The van der Waals surface area contributed by atoms with Crippen LogP contribution in [0.4, 0.5) is 13.2 Å². The van der Waals surface area contributed by atoms with Crippen molar-refractivity contribution in [3.05, 3.63) is 59.2 Å². The van der Waals surface area contributed by atoms with E-state index in [0.717, 1.165) is 4.31 Å². The van der Waals surface area contributed by atoms with E-state index < -0.39 is 63.6 Å². The van der Waals surface area contributed by atoms with Gasteiger partial charge in [0.25, 0.3) is 0 Å². The standard InChI is InChI=1S/C20H16F3N3O5S/c21-20(22,23)15-4-5-17(14(7-15)9-25)32(29,30)26-10-18(19(28,11-26)12-27)31-16-3-1-2-13(6-16)8-24/h1-7,18,27-28H,10-12H2/t18-,19+/m0/s1. The Balaban J connectivity index is 1.94. The van der Waals surface area contributed by atoms with Gasteiger partial charge in [-0.3, -0.25) is 0 Å². The number of ether oxygens (including phenoxy) is 1. The summed E-state index contributed by atoms with van der Waals surface area (Å²) >= 11 is 0. The van der Waals surface area contributed by atoms with Crippen molar-refractivity contribution in [2.45, 2.75) is 22.8 Å². The summed E-state index contributed by atoms with van der Waals surface area (Å²) in [6.07, 6.45) is -6.02. The number of alkyl halides is 3. The first-order valence-electron chi connectivity index (χ1n) is 9.06. The molecule has 0 saturated carbocycles. The second-order valence-electron chi connectivity index (χ2n) is 7.13. The lowest BCUT2D eigenvalue weighted by Gasteiger charge is -2.27. The highest BCUT2D eigenvalue weighted by molar-refractivity contribution is 7.89. The van der Waals surface area contributed by atoms with Crippen LogP contribution < -0.4 is 4.74 Å². The zero-order chi connectivity index (χ0) is 23.7. The van der Waals surface area contributed by atoms with Gasteiger partial charge in [-0.05, 0) is 36.4 Å². The molecule has 1 aliphatic heterocycles. The van der Waals surface area contributed by atoms with Crippen LogP contribution in [0.3, 0.4) is 0 Å². The van der Waals surface area contributed by atoms with E-state index in [2.05, 4.69) is 0 Å². The molecule has 1 aliphatic rings. The molecule has 2 N–H and O–H groups in total. The SMILES string of the molecule is N#Cc1cccc(O[C@H]2CN(S(=O)(=O)c3ccc(C(F)(F)F)cc3C#N)C[C@@]2(O)CO)c1. The first kappa shape index (κ1) is 23.5. The summed E-state index contributed by atoms with van der Waals surface area (Å²) in [5.41, 5.74) is -3.67. The van der Waals surface area contributed by atoms with Crippen molar-refractivity contribution in [2.24, 2.45) is 0 Å². The Morgan fingerprint density at radius 2 is 1.91 bits per heavy atom. The molecule has 0 aromatic heterocycles. The van der Waals surface area contributed by atoms with E-state index in [4.69, 9.17) is 10.00 Å². The number of nitrogens with zero attached hydrogens (tertiary/aromatic N) is 3. The van der Waals surface area contributed by atoms with E-state index in [1.165, 1.54) is 30.3 Å². The van der Waals surface area contributed by atoms with Gasteiger partial charge in [-0.15, -0.1) is 0 Å². The monoisotopic (exact) mass is 467 g/mol. The van der Waals surface area contributed by atoms with Gasteiger partial charge in [0.1, 0.15) is 23.5 Å². The number of rotatable bonds is 5. The number of hydrogen-bond acceptors (Lipinski definition) is 7. The molecule has 2 aromatic carbocycles. The highest BCUT2D eigenvalue weighted by atomic mass is 32.2. The molecular formula is C20H16F3N3O5S. The molecule has 1 fully saturated rings. The maximum absolute atomic E-state index is 13.1. The fraction of sp³-hybridized carbons (Fsp3) is 0.300. The Bertz CT molecular complexity index is 1220. The van der Waals surface area contributed by atoms with Crippen LogP contribution in [0.2, 0.25) is 0 Å². The summed E-state index contributed by atoms with van der Waals surface area (Å²) in [6, 6.07) is 10.9. The quantitative estimate of drug-likeness (QED) is 0.682. The Labute approximate surface area is 181 Å². The molecule has 32 heavy (non-hydrogen) atoms. The van der Waals surface area contributed by atoms with Crippen LogP contribution in [-0.4, -0.2) is 54.3 Å². The molecule has 12 heteroatoms. The minimum atomic E-state index is -4.77. The van der Waals surface area contributed by atoms with Crippen LogP contribution in [0.15, 0.2) is 47.4 Å². The number of hydrogen-bond donors (Lipinski definition) is 2. The second-order valence-corrected chi connectivity index (χ2v) is 9.03. The lowest BCUT2D eigenvalue weighted by Crippen LogP contribution is -2.48. The molecule has 168 valence electrons. The van der Waals surface area contributed by atoms with E-state index in [0.29, 0.717) is 18.2 Å². The predicted octanol–water partition coefficient (Wildman–Crippen LogP) is 1.62. The predicted molar refractivity (Wildman–Crippen MR) is 103 cm³/mol. The van der Waals surface area contributed by atoms with E-state index in [1.54, 1.807) is 0 Å². The summed E-state index contributed by atoms with van der Waals surface area (Å²) in [5.74, 6) is 0.146. The lowest BCUT2D eigenvalue weighted by molar-refractivity contribution is -0.137. The van der Waals surface area contributed by atoms with Crippen molar-refractivity contribution in [3.8, 4) is 17.9 Å². The molecule has 1 saturated heterocycles. The van der Waals surface area contributed by atoms with Crippen LogP contribution in [0.1, 0.15) is 16.7 Å². The van der Waals surface area contributed by atoms with Gasteiger partial charge >= 0.3 is 6.18 Å². The van der Waals surface area contributed by atoms with Gasteiger partial charge < -0.3 is 14.9 Å². The summed E-state index contributed by atoms with van der Waals surface area (Å²) in [5, 5.41) is 38.6. The van der Waals surface area contributed by atoms with Gasteiger partial charge in [0.05, 0.1) is 40.8 Å². The van der Waals surface area contributed by atoms with E-state index in [9.17, 15) is 37.1 Å². The molecule has 8 nitrogen and oxygen atoms in total. The van der Waals surface area contributed by atoms with Crippen molar-refractivity contribution >= 4 is 10.0 Å². The Kier molecular flexibility index (Phi) is 6.18. The molecule has 2 aromatic rings. The summed E-state index contributed by atoms with van der Waals surface area (Å²) in [4.78, 5) is -0.666. The summed E-state index contributed by atoms with van der Waals surface area (Å²) < 4.78 is 71.3. The maximum atomic E-state index is 13.1. The van der Waals surface area contributed by atoms with Crippen molar-refractivity contribution in [1.82, 2.24) is 4.31 Å². The van der Waals surface area contributed by atoms with Gasteiger partial charge in [-0.2, -0.15) is 28.0 Å². The largest absolute Gasteiger partial charge is 0.486 e. The van der Waals surface area contributed by atoms with Crippen molar-refractivity contribution in [2.75, 3.05) is 19.7 Å². The molecular weight excluding hydrogens is 451 g/mol. The molecule has 3 rings (SSSR count). The van der Waals surface area contributed by atoms with Crippen LogP contribution in [-0.2, 0) is 16.2 Å². The number of benzene rings is 2. The van der Waals surface area contributed by atoms with E-state index >= 15 is 0 Å². The summed E-state index contributed by atoms with van der Waals surface area (Å²) in [7, 11) is -4.52. The smallest absolute Gasteiger partial charge is 0.416 e. The molecule has 0 spiro atoms. The van der Waals surface area contributed by atoms with Crippen molar-refractivity contribution < 1.29 is 36.5 Å². The maximum Gasteiger partial charge on any atom is 0.416 e. The number of aliphatic hydroxyl groups excluding tert-OH is 1. The molecule has 0 bridgehead atoms.